The van der Waals surface area contributed by atoms with Crippen molar-refractivity contribution in [3.05, 3.63) is 0 Å². The van der Waals surface area contributed by atoms with E-state index in [0.717, 1.165) is 18.5 Å². The minimum Gasteiger partial charge on any atom is -0.329 e. The van der Waals surface area contributed by atoms with Gasteiger partial charge in [-0.25, -0.2) is 0 Å². The molecule has 0 aromatic carbocycles. The lowest BCUT2D eigenvalue weighted by Crippen LogP contribution is -2.61. The van der Waals surface area contributed by atoms with Crippen molar-refractivity contribution in [3.8, 4) is 0 Å². The zero-order valence-corrected chi connectivity index (χ0v) is 12.6. The topological polar surface area (TPSA) is 32.5 Å². The Morgan fingerprint density at radius 2 is 2.11 bits per heavy atom. The van der Waals surface area contributed by atoms with Crippen molar-refractivity contribution in [2.45, 2.75) is 63.5 Å². The summed E-state index contributed by atoms with van der Waals surface area (Å²) in [5.74, 6) is 0.983. The van der Waals surface area contributed by atoms with Gasteiger partial charge in [-0.3, -0.25) is 4.90 Å². The van der Waals surface area contributed by atoms with Gasteiger partial charge in [0.15, 0.2) is 0 Å². The maximum atomic E-state index is 6.29. The average Bonchev–Trinajstić information content (AvgIpc) is 3.13. The summed E-state index contributed by atoms with van der Waals surface area (Å²) >= 11 is 0. The molecule has 3 nitrogen and oxygen atoms in total. The number of rotatable bonds is 6. The summed E-state index contributed by atoms with van der Waals surface area (Å²) in [6.07, 6.45) is 9.62. The molecule has 1 aliphatic carbocycles. The van der Waals surface area contributed by atoms with Crippen LogP contribution in [0.4, 0.5) is 0 Å². The Kier molecular flexibility index (Phi) is 4.16. The first-order chi connectivity index (χ1) is 9.27. The van der Waals surface area contributed by atoms with Crippen LogP contribution < -0.4 is 5.73 Å². The summed E-state index contributed by atoms with van der Waals surface area (Å²) in [6.45, 7) is 8.37. The molecule has 2 unspecified atom stereocenters. The SMILES string of the molecule is CCCN(CC1CC1)C1(CN)CCN2CCCC2C1. The molecule has 0 bridgehead atoms. The minimum absolute atomic E-state index is 0.324. The molecule has 0 spiro atoms. The molecule has 19 heavy (non-hydrogen) atoms. The summed E-state index contributed by atoms with van der Waals surface area (Å²) in [6, 6.07) is 0.829. The monoisotopic (exact) mass is 265 g/mol. The maximum Gasteiger partial charge on any atom is 0.0358 e. The van der Waals surface area contributed by atoms with Crippen LogP contribution in [0.2, 0.25) is 0 Å². The van der Waals surface area contributed by atoms with Gasteiger partial charge in [0.05, 0.1) is 0 Å². The van der Waals surface area contributed by atoms with Gasteiger partial charge in [-0.1, -0.05) is 6.92 Å². The summed E-state index contributed by atoms with van der Waals surface area (Å²) in [5, 5.41) is 0. The van der Waals surface area contributed by atoms with Gasteiger partial charge in [0.2, 0.25) is 0 Å². The van der Waals surface area contributed by atoms with Gasteiger partial charge >= 0.3 is 0 Å². The summed E-state index contributed by atoms with van der Waals surface area (Å²) in [4.78, 5) is 5.51. The highest BCUT2D eigenvalue weighted by Gasteiger charge is 2.45. The summed E-state index contributed by atoms with van der Waals surface area (Å²) in [5.41, 5.74) is 6.61. The zero-order chi connectivity index (χ0) is 13.3. The van der Waals surface area contributed by atoms with Crippen LogP contribution in [-0.2, 0) is 0 Å². The number of nitrogens with two attached hydrogens (primary N) is 1. The highest BCUT2D eigenvalue weighted by Crippen LogP contribution is 2.39. The highest BCUT2D eigenvalue weighted by molar-refractivity contribution is 5.02. The minimum atomic E-state index is 0.324. The van der Waals surface area contributed by atoms with Gasteiger partial charge in [0, 0.05) is 31.2 Å². The lowest BCUT2D eigenvalue weighted by molar-refractivity contribution is 0.00723. The van der Waals surface area contributed by atoms with E-state index in [-0.39, 0.29) is 0 Å². The van der Waals surface area contributed by atoms with Crippen LogP contribution in [0.1, 0.15) is 51.9 Å². The molecule has 3 heteroatoms. The normalized spacial score (nSPS) is 35.8. The second-order valence-corrected chi connectivity index (χ2v) is 7.10. The van der Waals surface area contributed by atoms with Crippen molar-refractivity contribution in [2.24, 2.45) is 11.7 Å². The Balaban J connectivity index is 1.71. The third-order valence-corrected chi connectivity index (χ3v) is 5.70. The molecular weight excluding hydrogens is 234 g/mol. The maximum absolute atomic E-state index is 6.29. The average molecular weight is 265 g/mol. The molecular formula is C16H31N3. The molecule has 2 heterocycles. The number of fused-ring (bicyclic) bond motifs is 1. The Morgan fingerprint density at radius 3 is 2.79 bits per heavy atom. The molecule has 2 N–H and O–H groups in total. The molecule has 2 saturated heterocycles. The van der Waals surface area contributed by atoms with Crippen molar-refractivity contribution in [2.75, 3.05) is 32.7 Å². The molecule has 3 fully saturated rings. The first-order valence-electron chi connectivity index (χ1n) is 8.46. The van der Waals surface area contributed by atoms with E-state index in [1.807, 2.05) is 0 Å². The first kappa shape index (κ1) is 13.8. The molecule has 110 valence electrons. The van der Waals surface area contributed by atoms with Crippen LogP contribution in [0.3, 0.4) is 0 Å². The smallest absolute Gasteiger partial charge is 0.0358 e. The van der Waals surface area contributed by atoms with Gasteiger partial charge in [0.1, 0.15) is 0 Å². The Labute approximate surface area is 118 Å². The standard InChI is InChI=1S/C16H31N3/c1-2-8-19(12-14-5-6-14)16(13-17)7-10-18-9-3-4-15(18)11-16/h14-15H,2-13,17H2,1H3. The third kappa shape index (κ3) is 2.84. The second-order valence-electron chi connectivity index (χ2n) is 7.10. The quantitative estimate of drug-likeness (QED) is 0.798. The van der Waals surface area contributed by atoms with E-state index in [0.29, 0.717) is 5.54 Å². The van der Waals surface area contributed by atoms with E-state index in [4.69, 9.17) is 5.73 Å². The molecule has 2 atom stereocenters. The summed E-state index contributed by atoms with van der Waals surface area (Å²) < 4.78 is 0. The lowest BCUT2D eigenvalue weighted by atomic mass is 9.81. The van der Waals surface area contributed by atoms with Crippen molar-refractivity contribution in [1.29, 1.82) is 0 Å². The fourth-order valence-corrected chi connectivity index (χ4v) is 4.32. The molecule has 2 aliphatic heterocycles. The lowest BCUT2D eigenvalue weighted by Gasteiger charge is -2.50. The third-order valence-electron chi connectivity index (χ3n) is 5.70. The van der Waals surface area contributed by atoms with E-state index in [1.165, 1.54) is 71.1 Å². The van der Waals surface area contributed by atoms with Crippen LogP contribution in [0.25, 0.3) is 0 Å². The Hall–Kier alpha value is -0.120. The predicted molar refractivity (Wildman–Crippen MR) is 80.2 cm³/mol. The number of nitrogens with zero attached hydrogens (tertiary/aromatic N) is 2. The second kappa shape index (κ2) is 5.71. The Bertz CT molecular complexity index is 302. The highest BCUT2D eigenvalue weighted by atomic mass is 15.3. The molecule has 3 aliphatic rings. The molecule has 3 rings (SSSR count). The summed E-state index contributed by atoms with van der Waals surface area (Å²) in [7, 11) is 0. The van der Waals surface area contributed by atoms with Crippen LogP contribution in [0, 0.1) is 5.92 Å². The molecule has 0 aromatic rings. The number of piperidine rings is 1. The molecule has 1 saturated carbocycles. The van der Waals surface area contributed by atoms with Crippen molar-refractivity contribution >= 4 is 0 Å². The van der Waals surface area contributed by atoms with Crippen molar-refractivity contribution in [1.82, 2.24) is 9.80 Å². The van der Waals surface area contributed by atoms with Crippen LogP contribution >= 0.6 is 0 Å². The Morgan fingerprint density at radius 1 is 1.26 bits per heavy atom. The van der Waals surface area contributed by atoms with Crippen molar-refractivity contribution in [3.63, 3.8) is 0 Å². The van der Waals surface area contributed by atoms with Crippen LogP contribution in [0.15, 0.2) is 0 Å². The molecule has 0 amide bonds. The van der Waals surface area contributed by atoms with Crippen molar-refractivity contribution < 1.29 is 0 Å². The van der Waals surface area contributed by atoms with E-state index >= 15 is 0 Å². The number of hydrogen-bond acceptors (Lipinski definition) is 3. The van der Waals surface area contributed by atoms with Crippen LogP contribution in [0.5, 0.6) is 0 Å². The molecule has 0 aromatic heterocycles. The van der Waals surface area contributed by atoms with E-state index < -0.39 is 0 Å². The molecule has 0 radical (unpaired) electrons. The van der Waals surface area contributed by atoms with Gasteiger partial charge in [-0.05, 0) is 64.0 Å². The number of hydrogen-bond donors (Lipinski definition) is 1. The predicted octanol–water partition coefficient (Wildman–Crippen LogP) is 2.06. The van der Waals surface area contributed by atoms with Gasteiger partial charge in [0.25, 0.3) is 0 Å². The largest absolute Gasteiger partial charge is 0.329 e. The van der Waals surface area contributed by atoms with Gasteiger partial charge in [-0.15, -0.1) is 0 Å². The van der Waals surface area contributed by atoms with E-state index in [9.17, 15) is 0 Å². The van der Waals surface area contributed by atoms with Gasteiger partial charge < -0.3 is 10.6 Å². The fraction of sp³-hybridized carbons (Fsp3) is 1.00. The van der Waals surface area contributed by atoms with Gasteiger partial charge in [-0.2, -0.15) is 0 Å². The fourth-order valence-electron chi connectivity index (χ4n) is 4.32. The van der Waals surface area contributed by atoms with Crippen LogP contribution in [-0.4, -0.2) is 54.1 Å². The first-order valence-corrected chi connectivity index (χ1v) is 8.46. The van der Waals surface area contributed by atoms with E-state index in [2.05, 4.69) is 16.7 Å². The zero-order valence-electron chi connectivity index (χ0n) is 12.6. The van der Waals surface area contributed by atoms with E-state index in [1.54, 1.807) is 0 Å².